The van der Waals surface area contributed by atoms with Crippen LogP contribution in [0.4, 0.5) is 15.8 Å². The van der Waals surface area contributed by atoms with Crippen molar-refractivity contribution in [1.29, 1.82) is 5.26 Å². The zero-order valence-electron chi connectivity index (χ0n) is 20.2. The van der Waals surface area contributed by atoms with Crippen LogP contribution in [0.1, 0.15) is 40.2 Å². The summed E-state index contributed by atoms with van der Waals surface area (Å²) in [7, 11) is -0.193. The average Bonchev–Trinajstić information content (AvgIpc) is 3.69. The number of anilines is 2. The van der Waals surface area contributed by atoms with E-state index < -0.39 is 7.12 Å². The molecule has 1 amide bonds. The maximum atomic E-state index is 13.6. The molecular formula is C27H23BFN3O4S. The summed E-state index contributed by atoms with van der Waals surface area (Å²) >= 11 is 1.43. The molecule has 0 spiro atoms. The third kappa shape index (κ3) is 4.57. The Morgan fingerprint density at radius 3 is 2.51 bits per heavy atom. The number of hydrogen-bond donors (Lipinski definition) is 3. The minimum atomic E-state index is -1.75. The van der Waals surface area contributed by atoms with Crippen LogP contribution in [0.5, 0.6) is 0 Å². The van der Waals surface area contributed by atoms with E-state index in [4.69, 9.17) is 4.42 Å². The van der Waals surface area contributed by atoms with Crippen LogP contribution in [0.15, 0.2) is 59.0 Å². The first kappa shape index (κ1) is 24.9. The van der Waals surface area contributed by atoms with E-state index in [1.54, 1.807) is 31.3 Å². The second-order valence-corrected chi connectivity index (χ2v) is 9.54. The normalized spacial score (nSPS) is 12.9. The molecule has 0 aliphatic heterocycles. The highest BCUT2D eigenvalue weighted by atomic mass is 32.2. The van der Waals surface area contributed by atoms with Crippen molar-refractivity contribution in [3.05, 3.63) is 77.1 Å². The summed E-state index contributed by atoms with van der Waals surface area (Å²) in [5.74, 6) is -0.0143. The molecule has 186 valence electrons. The Bertz CT molecular complexity index is 1540. The fourth-order valence-corrected chi connectivity index (χ4v) is 5.22. The first-order chi connectivity index (χ1) is 17.9. The number of nitrogens with zero attached hydrogens (tertiary/aromatic N) is 2. The van der Waals surface area contributed by atoms with E-state index in [1.165, 1.54) is 30.1 Å². The van der Waals surface area contributed by atoms with E-state index in [9.17, 15) is 24.5 Å². The van der Waals surface area contributed by atoms with Gasteiger partial charge in [-0.15, -0.1) is 0 Å². The Morgan fingerprint density at radius 1 is 1.19 bits per heavy atom. The number of nitrogens with one attached hydrogen (secondary N) is 1. The van der Waals surface area contributed by atoms with E-state index in [0.29, 0.717) is 39.5 Å². The molecule has 7 nitrogen and oxygen atoms in total. The Balaban J connectivity index is 1.71. The maximum absolute atomic E-state index is 13.6. The zero-order chi connectivity index (χ0) is 26.3. The maximum Gasteiger partial charge on any atom is 0.489 e. The fraction of sp³-hybridized carbons (Fsp3) is 0.185. The van der Waals surface area contributed by atoms with Crippen LogP contribution < -0.4 is 15.1 Å². The Hall–Kier alpha value is -3.78. The highest BCUT2D eigenvalue weighted by Crippen LogP contribution is 2.49. The van der Waals surface area contributed by atoms with Crippen LogP contribution in [-0.4, -0.2) is 36.4 Å². The predicted octanol–water partition coefficient (Wildman–Crippen LogP) is 4.44. The van der Waals surface area contributed by atoms with Gasteiger partial charge in [-0.25, -0.2) is 4.39 Å². The van der Waals surface area contributed by atoms with Crippen molar-refractivity contribution in [2.75, 3.05) is 17.6 Å². The number of hydrogen-bond acceptors (Lipinski definition) is 7. The Kier molecular flexibility index (Phi) is 6.69. The molecule has 0 radical (unpaired) electrons. The van der Waals surface area contributed by atoms with Crippen LogP contribution in [-0.2, 0) is 0 Å². The average molecular weight is 515 g/mol. The SMILES string of the molecule is CNC(=O)c1c(-c2ccc(F)cc2)oc2cc(N(SC)c3ccc(B(O)O)c(C#N)c3)c(C3CC3)cc12. The van der Waals surface area contributed by atoms with Crippen LogP contribution in [0, 0.1) is 17.1 Å². The summed E-state index contributed by atoms with van der Waals surface area (Å²) in [5.41, 5.74) is 4.36. The van der Waals surface area contributed by atoms with E-state index in [1.807, 2.05) is 28.8 Å². The number of carbonyl (C=O) groups is 1. The highest BCUT2D eigenvalue weighted by molar-refractivity contribution is 8.00. The topological polar surface area (TPSA) is 110 Å². The molecule has 1 heterocycles. The third-order valence-electron chi connectivity index (χ3n) is 6.49. The summed E-state index contributed by atoms with van der Waals surface area (Å²) < 4.78 is 21.8. The van der Waals surface area contributed by atoms with Gasteiger partial charge in [-0.3, -0.25) is 9.10 Å². The largest absolute Gasteiger partial charge is 0.489 e. The van der Waals surface area contributed by atoms with Gasteiger partial charge in [0.2, 0.25) is 0 Å². The van der Waals surface area contributed by atoms with Crippen molar-refractivity contribution in [2.24, 2.45) is 0 Å². The van der Waals surface area contributed by atoms with Crippen LogP contribution in [0.2, 0.25) is 0 Å². The minimum Gasteiger partial charge on any atom is -0.455 e. The van der Waals surface area contributed by atoms with Crippen molar-refractivity contribution in [1.82, 2.24) is 5.32 Å². The van der Waals surface area contributed by atoms with Gasteiger partial charge in [0, 0.05) is 30.3 Å². The molecule has 5 rings (SSSR count). The van der Waals surface area contributed by atoms with Gasteiger partial charge in [0.15, 0.2) is 0 Å². The number of furan rings is 1. The van der Waals surface area contributed by atoms with Gasteiger partial charge in [-0.2, -0.15) is 5.26 Å². The van der Waals surface area contributed by atoms with E-state index in [2.05, 4.69) is 5.32 Å². The smallest absolute Gasteiger partial charge is 0.455 e. The highest BCUT2D eigenvalue weighted by Gasteiger charge is 2.32. The van der Waals surface area contributed by atoms with Crippen LogP contribution in [0.25, 0.3) is 22.3 Å². The predicted molar refractivity (Wildman–Crippen MR) is 144 cm³/mol. The molecule has 1 fully saturated rings. The lowest BCUT2D eigenvalue weighted by molar-refractivity contribution is 0.0964. The number of rotatable bonds is 7. The molecule has 1 aliphatic carbocycles. The molecule has 1 aliphatic rings. The van der Waals surface area contributed by atoms with E-state index in [-0.39, 0.29) is 22.8 Å². The molecule has 1 saturated carbocycles. The number of carbonyl (C=O) groups excluding carboxylic acids is 1. The molecule has 0 atom stereocenters. The summed E-state index contributed by atoms with van der Waals surface area (Å²) in [6.45, 7) is 0. The number of nitriles is 1. The fourth-order valence-electron chi connectivity index (χ4n) is 4.54. The first-order valence-electron chi connectivity index (χ1n) is 11.7. The van der Waals surface area contributed by atoms with Crippen LogP contribution >= 0.6 is 11.9 Å². The second kappa shape index (κ2) is 9.94. The summed E-state index contributed by atoms with van der Waals surface area (Å²) in [5, 5.41) is 32.1. The number of amides is 1. The minimum absolute atomic E-state index is 0.135. The van der Waals surface area contributed by atoms with Crippen LogP contribution in [0.3, 0.4) is 0 Å². The quantitative estimate of drug-likeness (QED) is 0.247. The molecule has 3 N–H and O–H groups in total. The van der Waals surface area contributed by atoms with E-state index >= 15 is 0 Å². The molecule has 4 aromatic rings. The van der Waals surface area contributed by atoms with Crippen molar-refractivity contribution in [3.8, 4) is 17.4 Å². The Morgan fingerprint density at radius 2 is 1.92 bits per heavy atom. The molecule has 1 aromatic heterocycles. The van der Waals surface area contributed by atoms with Gasteiger partial charge < -0.3 is 19.8 Å². The van der Waals surface area contributed by atoms with Gasteiger partial charge in [0.25, 0.3) is 5.91 Å². The molecule has 3 aromatic carbocycles. The van der Waals surface area contributed by atoms with E-state index in [0.717, 1.165) is 24.1 Å². The van der Waals surface area contributed by atoms with Crippen molar-refractivity contribution >= 4 is 52.8 Å². The zero-order valence-corrected chi connectivity index (χ0v) is 21.0. The lowest BCUT2D eigenvalue weighted by Crippen LogP contribution is -2.32. The standard InChI is InChI=1S/C27H23BFN3O4S/c1-31-27(33)25-21-12-20(15-3-4-15)23(13-24(21)36-26(25)16-5-7-18(29)8-6-16)32(37-2)19-9-10-22(28(34)35)17(11-19)14-30/h5-13,15,34-35H,3-4H2,1-2H3,(H,31,33). The molecule has 0 saturated heterocycles. The summed E-state index contributed by atoms with van der Waals surface area (Å²) in [6, 6.07) is 16.6. The lowest BCUT2D eigenvalue weighted by Gasteiger charge is -2.25. The summed E-state index contributed by atoms with van der Waals surface area (Å²) in [4.78, 5) is 13.0. The molecule has 0 bridgehead atoms. The van der Waals surface area contributed by atoms with Crippen molar-refractivity contribution in [3.63, 3.8) is 0 Å². The number of halogens is 1. The van der Waals surface area contributed by atoms with Gasteiger partial charge >= 0.3 is 7.12 Å². The molecule has 10 heteroatoms. The van der Waals surface area contributed by atoms with Crippen molar-refractivity contribution in [2.45, 2.75) is 18.8 Å². The Labute approximate surface area is 217 Å². The second-order valence-electron chi connectivity index (χ2n) is 8.81. The molecule has 0 unspecified atom stereocenters. The van der Waals surface area contributed by atoms with Gasteiger partial charge in [0.1, 0.15) is 17.2 Å². The first-order valence-corrected chi connectivity index (χ1v) is 12.9. The van der Waals surface area contributed by atoms with Gasteiger partial charge in [-0.05, 0) is 84.2 Å². The number of benzene rings is 3. The summed E-state index contributed by atoms with van der Waals surface area (Å²) in [6.07, 6.45) is 3.93. The molecular weight excluding hydrogens is 492 g/mol. The van der Waals surface area contributed by atoms with Crippen molar-refractivity contribution < 1.29 is 23.7 Å². The lowest BCUT2D eigenvalue weighted by atomic mass is 9.77. The molecule has 37 heavy (non-hydrogen) atoms. The monoisotopic (exact) mass is 515 g/mol. The number of fused-ring (bicyclic) bond motifs is 1. The van der Waals surface area contributed by atoms with Gasteiger partial charge in [0.05, 0.1) is 28.6 Å². The third-order valence-corrected chi connectivity index (χ3v) is 7.26. The van der Waals surface area contributed by atoms with Gasteiger partial charge in [-0.1, -0.05) is 6.07 Å².